The third-order valence-electron chi connectivity index (χ3n) is 2.99. The van der Waals surface area contributed by atoms with Gasteiger partial charge in [0.05, 0.1) is 6.54 Å². The fraction of sp³-hybridized carbons (Fsp3) is 0.467. The molecule has 20 heavy (non-hydrogen) atoms. The lowest BCUT2D eigenvalue weighted by molar-refractivity contribution is 0.457. The van der Waals surface area contributed by atoms with Gasteiger partial charge in [0.1, 0.15) is 12.2 Å². The van der Waals surface area contributed by atoms with Gasteiger partial charge in [0, 0.05) is 19.0 Å². The fourth-order valence-corrected chi connectivity index (χ4v) is 2.23. The summed E-state index contributed by atoms with van der Waals surface area (Å²) in [7, 11) is 0. The van der Waals surface area contributed by atoms with Crippen molar-refractivity contribution in [1.29, 1.82) is 0 Å². The van der Waals surface area contributed by atoms with Crippen molar-refractivity contribution in [3.05, 3.63) is 47.5 Å². The minimum atomic E-state index is 0.552. The molecule has 0 atom stereocenters. The van der Waals surface area contributed by atoms with Crippen molar-refractivity contribution < 1.29 is 0 Å². The van der Waals surface area contributed by atoms with Gasteiger partial charge < -0.3 is 5.32 Å². The van der Waals surface area contributed by atoms with Crippen LogP contribution in [0.2, 0.25) is 0 Å². The number of benzene rings is 1. The minimum absolute atomic E-state index is 0.552. The maximum Gasteiger partial charge on any atom is 0.140 e. The zero-order chi connectivity index (χ0) is 14.4. The van der Waals surface area contributed by atoms with E-state index in [1.165, 1.54) is 5.56 Å². The van der Waals surface area contributed by atoms with Crippen molar-refractivity contribution in [2.24, 2.45) is 5.92 Å². The number of hydrogen-bond donors (Lipinski definition) is 1. The second-order valence-electron chi connectivity index (χ2n) is 5.31. The van der Waals surface area contributed by atoms with E-state index in [9.17, 15) is 0 Å². The van der Waals surface area contributed by atoms with Gasteiger partial charge in [-0.1, -0.05) is 38.1 Å². The summed E-state index contributed by atoms with van der Waals surface area (Å²) in [6.45, 7) is 6.78. The summed E-state index contributed by atoms with van der Waals surface area (Å²) in [4.78, 5) is 4.30. The first-order chi connectivity index (χ1) is 9.69. The molecule has 0 unspecified atom stereocenters. The van der Waals surface area contributed by atoms with E-state index in [0.29, 0.717) is 11.8 Å². The highest BCUT2D eigenvalue weighted by molar-refractivity contribution is 6.17. The summed E-state index contributed by atoms with van der Waals surface area (Å²) in [5.41, 5.74) is 2.38. The summed E-state index contributed by atoms with van der Waals surface area (Å²) in [6.07, 6.45) is 1.62. The van der Waals surface area contributed by atoms with Crippen molar-refractivity contribution in [3.63, 3.8) is 0 Å². The van der Waals surface area contributed by atoms with E-state index in [2.05, 4.69) is 41.4 Å². The highest BCUT2D eigenvalue weighted by Gasteiger charge is 2.05. The second-order valence-corrected chi connectivity index (χ2v) is 5.58. The molecule has 1 aromatic heterocycles. The first kappa shape index (κ1) is 15.0. The van der Waals surface area contributed by atoms with Crippen LogP contribution in [0.25, 0.3) is 0 Å². The molecule has 0 amide bonds. The van der Waals surface area contributed by atoms with Crippen molar-refractivity contribution in [2.75, 3.05) is 0 Å². The molecule has 0 aliphatic carbocycles. The molecular weight excluding hydrogens is 272 g/mol. The van der Waals surface area contributed by atoms with Crippen LogP contribution in [-0.4, -0.2) is 14.8 Å². The molecule has 1 N–H and O–H groups in total. The Kier molecular flexibility index (Phi) is 5.56. The zero-order valence-corrected chi connectivity index (χ0v) is 12.8. The molecule has 0 saturated carbocycles. The molecule has 2 rings (SSSR count). The Labute approximate surface area is 125 Å². The summed E-state index contributed by atoms with van der Waals surface area (Å²) < 4.78 is 1.97. The van der Waals surface area contributed by atoms with Gasteiger partial charge in [-0.15, -0.1) is 11.6 Å². The van der Waals surface area contributed by atoms with Crippen molar-refractivity contribution in [3.8, 4) is 0 Å². The van der Waals surface area contributed by atoms with Gasteiger partial charge in [-0.25, -0.2) is 9.67 Å². The second kappa shape index (κ2) is 7.41. The Morgan fingerprint density at radius 2 is 2.05 bits per heavy atom. The van der Waals surface area contributed by atoms with Gasteiger partial charge in [0.25, 0.3) is 0 Å². The smallest absolute Gasteiger partial charge is 0.140 e. The van der Waals surface area contributed by atoms with Crippen LogP contribution in [0.15, 0.2) is 30.6 Å². The molecule has 1 heterocycles. The first-order valence-electron chi connectivity index (χ1n) is 6.90. The van der Waals surface area contributed by atoms with E-state index >= 15 is 0 Å². The quantitative estimate of drug-likeness (QED) is 0.798. The molecule has 0 aliphatic rings. The largest absolute Gasteiger partial charge is 0.306 e. The normalized spacial score (nSPS) is 11.2. The van der Waals surface area contributed by atoms with Crippen LogP contribution >= 0.6 is 11.6 Å². The number of aromatic nitrogens is 3. The number of halogens is 1. The lowest BCUT2D eigenvalue weighted by Crippen LogP contribution is -2.18. The van der Waals surface area contributed by atoms with Gasteiger partial charge in [-0.05, 0) is 17.0 Å². The molecule has 4 nitrogen and oxygen atoms in total. The van der Waals surface area contributed by atoms with Gasteiger partial charge in [0.15, 0.2) is 0 Å². The lowest BCUT2D eigenvalue weighted by Gasteiger charge is -2.09. The Bertz CT molecular complexity index is 536. The minimum Gasteiger partial charge on any atom is -0.306 e. The SMILES string of the molecule is CC(C)Cn1ncnc1CNCc1cccc(CCl)c1. The van der Waals surface area contributed by atoms with Gasteiger partial charge >= 0.3 is 0 Å². The van der Waals surface area contributed by atoms with Crippen LogP contribution in [0.4, 0.5) is 0 Å². The number of nitrogens with one attached hydrogen (secondary N) is 1. The molecule has 1 aromatic carbocycles. The molecule has 0 fully saturated rings. The summed E-state index contributed by atoms with van der Waals surface area (Å²) in [5, 5.41) is 7.66. The average Bonchev–Trinajstić information content (AvgIpc) is 2.86. The van der Waals surface area contributed by atoms with Gasteiger partial charge in [-0.2, -0.15) is 5.10 Å². The highest BCUT2D eigenvalue weighted by atomic mass is 35.5. The monoisotopic (exact) mass is 292 g/mol. The number of rotatable bonds is 7. The average molecular weight is 293 g/mol. The molecule has 0 radical (unpaired) electrons. The van der Waals surface area contributed by atoms with Crippen LogP contribution in [0, 0.1) is 5.92 Å². The molecule has 0 aliphatic heterocycles. The molecule has 0 bridgehead atoms. The Morgan fingerprint density at radius 3 is 2.80 bits per heavy atom. The van der Waals surface area contributed by atoms with Crippen molar-refractivity contribution >= 4 is 11.6 Å². The van der Waals surface area contributed by atoms with Crippen LogP contribution in [0.5, 0.6) is 0 Å². The van der Waals surface area contributed by atoms with E-state index in [1.54, 1.807) is 6.33 Å². The van der Waals surface area contributed by atoms with E-state index in [0.717, 1.165) is 31.0 Å². The Morgan fingerprint density at radius 1 is 1.25 bits per heavy atom. The van der Waals surface area contributed by atoms with E-state index < -0.39 is 0 Å². The molecule has 0 saturated heterocycles. The first-order valence-corrected chi connectivity index (χ1v) is 7.43. The number of alkyl halides is 1. The fourth-order valence-electron chi connectivity index (χ4n) is 2.06. The third-order valence-corrected chi connectivity index (χ3v) is 3.30. The Balaban J connectivity index is 1.88. The van der Waals surface area contributed by atoms with Crippen LogP contribution in [0.3, 0.4) is 0 Å². The third kappa shape index (κ3) is 4.32. The van der Waals surface area contributed by atoms with E-state index in [1.807, 2.05) is 16.8 Å². The van der Waals surface area contributed by atoms with Crippen LogP contribution in [0.1, 0.15) is 30.8 Å². The number of nitrogens with zero attached hydrogens (tertiary/aromatic N) is 3. The van der Waals surface area contributed by atoms with Crippen LogP contribution in [-0.2, 0) is 25.5 Å². The highest BCUT2D eigenvalue weighted by Crippen LogP contribution is 2.08. The standard InChI is InChI=1S/C15H21ClN4/c1-12(2)10-20-15(18-11-19-20)9-17-8-14-5-3-4-13(6-14)7-16/h3-6,11-12,17H,7-10H2,1-2H3. The maximum atomic E-state index is 5.84. The van der Waals surface area contributed by atoms with Gasteiger partial charge in [-0.3, -0.25) is 0 Å². The molecule has 2 aromatic rings. The lowest BCUT2D eigenvalue weighted by atomic mass is 10.1. The summed E-state index contributed by atoms with van der Waals surface area (Å²) in [5.74, 6) is 2.10. The molecular formula is C15H21ClN4. The number of hydrogen-bond acceptors (Lipinski definition) is 3. The van der Waals surface area contributed by atoms with E-state index in [4.69, 9.17) is 11.6 Å². The maximum absolute atomic E-state index is 5.84. The Hall–Kier alpha value is -1.39. The summed E-state index contributed by atoms with van der Waals surface area (Å²) >= 11 is 5.84. The predicted molar refractivity (Wildman–Crippen MR) is 81.4 cm³/mol. The summed E-state index contributed by atoms with van der Waals surface area (Å²) in [6, 6.07) is 8.30. The van der Waals surface area contributed by atoms with Gasteiger partial charge in [0.2, 0.25) is 0 Å². The van der Waals surface area contributed by atoms with Crippen LogP contribution < -0.4 is 5.32 Å². The van der Waals surface area contributed by atoms with E-state index in [-0.39, 0.29) is 0 Å². The van der Waals surface area contributed by atoms with Crippen molar-refractivity contribution in [2.45, 2.75) is 39.4 Å². The zero-order valence-electron chi connectivity index (χ0n) is 12.0. The molecule has 108 valence electrons. The van der Waals surface area contributed by atoms with Crippen molar-refractivity contribution in [1.82, 2.24) is 20.1 Å². The topological polar surface area (TPSA) is 42.7 Å². The molecule has 5 heteroatoms. The molecule has 0 spiro atoms. The predicted octanol–water partition coefficient (Wildman–Crippen LogP) is 2.96.